The van der Waals surface area contributed by atoms with E-state index < -0.39 is 11.6 Å². The molecule has 4 amide bonds. The Morgan fingerprint density at radius 1 is 1.12 bits per heavy atom. The molecule has 1 aromatic heterocycles. The fourth-order valence-electron chi connectivity index (χ4n) is 5.04. The zero-order valence-electron chi connectivity index (χ0n) is 19.5. The SMILES string of the molecule is Cc1cc(C)c2nc(N(Cc3ccccc3)C(=O)CN3C(=O)NC4(CCCCC4)C3=O)sc2c1. The molecule has 1 aliphatic heterocycles. The highest BCUT2D eigenvalue weighted by Gasteiger charge is 2.51. The number of carbonyl (C=O) groups excluding carboxylic acids is 3. The van der Waals surface area contributed by atoms with Crippen LogP contribution in [0.5, 0.6) is 0 Å². The highest BCUT2D eigenvalue weighted by Crippen LogP contribution is 2.35. The van der Waals surface area contributed by atoms with Crippen LogP contribution in [0.2, 0.25) is 0 Å². The van der Waals surface area contributed by atoms with Gasteiger partial charge in [-0.15, -0.1) is 0 Å². The van der Waals surface area contributed by atoms with Crippen LogP contribution in [0.25, 0.3) is 10.2 Å². The lowest BCUT2D eigenvalue weighted by Gasteiger charge is -2.30. The van der Waals surface area contributed by atoms with Crippen LogP contribution in [0.4, 0.5) is 9.93 Å². The number of anilines is 1. The van der Waals surface area contributed by atoms with Crippen LogP contribution in [0.3, 0.4) is 0 Å². The van der Waals surface area contributed by atoms with Crippen molar-refractivity contribution >= 4 is 44.5 Å². The number of carbonyl (C=O) groups is 3. The van der Waals surface area contributed by atoms with Crippen molar-refractivity contribution in [1.82, 2.24) is 15.2 Å². The first kappa shape index (κ1) is 22.5. The van der Waals surface area contributed by atoms with E-state index in [9.17, 15) is 14.4 Å². The van der Waals surface area contributed by atoms with Crippen LogP contribution in [0.1, 0.15) is 48.8 Å². The van der Waals surface area contributed by atoms with Crippen molar-refractivity contribution in [3.05, 3.63) is 59.2 Å². The maximum absolute atomic E-state index is 13.6. The van der Waals surface area contributed by atoms with Gasteiger partial charge in [-0.3, -0.25) is 19.4 Å². The molecule has 5 rings (SSSR count). The summed E-state index contributed by atoms with van der Waals surface area (Å²) < 4.78 is 1.01. The quantitative estimate of drug-likeness (QED) is 0.541. The molecule has 176 valence electrons. The number of nitrogens with zero attached hydrogens (tertiary/aromatic N) is 3. The van der Waals surface area contributed by atoms with E-state index in [1.165, 1.54) is 11.3 Å². The molecule has 2 fully saturated rings. The topological polar surface area (TPSA) is 82.6 Å². The molecule has 0 radical (unpaired) electrons. The van der Waals surface area contributed by atoms with Crippen molar-refractivity contribution in [1.29, 1.82) is 0 Å². The summed E-state index contributed by atoms with van der Waals surface area (Å²) in [7, 11) is 0. The molecule has 1 saturated carbocycles. The Balaban J connectivity index is 1.46. The minimum atomic E-state index is -0.843. The summed E-state index contributed by atoms with van der Waals surface area (Å²) in [6.07, 6.45) is 4.13. The second-order valence-corrected chi connectivity index (χ2v) is 10.4. The lowest BCUT2D eigenvalue weighted by Crippen LogP contribution is -2.49. The molecule has 1 aliphatic carbocycles. The van der Waals surface area contributed by atoms with Crippen LogP contribution in [-0.4, -0.2) is 39.8 Å². The van der Waals surface area contributed by atoms with Gasteiger partial charge in [0.25, 0.3) is 5.91 Å². The first-order valence-corrected chi connectivity index (χ1v) is 12.5. The smallest absolute Gasteiger partial charge is 0.323 e. The Morgan fingerprint density at radius 3 is 2.59 bits per heavy atom. The average Bonchev–Trinajstić information content (AvgIpc) is 3.33. The Labute approximate surface area is 202 Å². The molecule has 0 bridgehead atoms. The van der Waals surface area contributed by atoms with Gasteiger partial charge >= 0.3 is 6.03 Å². The average molecular weight is 477 g/mol. The van der Waals surface area contributed by atoms with E-state index in [1.54, 1.807) is 4.90 Å². The van der Waals surface area contributed by atoms with Gasteiger partial charge in [-0.2, -0.15) is 0 Å². The summed E-state index contributed by atoms with van der Waals surface area (Å²) in [5.74, 6) is -0.602. The maximum atomic E-state index is 13.6. The van der Waals surface area contributed by atoms with Gasteiger partial charge in [0, 0.05) is 0 Å². The molecule has 1 spiro atoms. The van der Waals surface area contributed by atoms with Crippen molar-refractivity contribution in [3.63, 3.8) is 0 Å². The number of hydrogen-bond donors (Lipinski definition) is 1. The van der Waals surface area contributed by atoms with Crippen LogP contribution in [-0.2, 0) is 16.1 Å². The molecule has 1 saturated heterocycles. The zero-order chi connectivity index (χ0) is 23.9. The largest absolute Gasteiger partial charge is 0.325 e. The second kappa shape index (κ2) is 8.83. The number of thiazole rings is 1. The lowest BCUT2D eigenvalue weighted by molar-refractivity contribution is -0.135. The Hall–Kier alpha value is -3.26. The predicted octanol–water partition coefficient (Wildman–Crippen LogP) is 4.70. The molecule has 7 nitrogen and oxygen atoms in total. The lowest BCUT2D eigenvalue weighted by atomic mass is 9.82. The molecule has 0 unspecified atom stereocenters. The van der Waals surface area contributed by atoms with Gasteiger partial charge in [0.2, 0.25) is 5.91 Å². The van der Waals surface area contributed by atoms with E-state index in [-0.39, 0.29) is 18.4 Å². The van der Waals surface area contributed by atoms with Crippen LogP contribution < -0.4 is 10.2 Å². The molecule has 8 heteroatoms. The number of benzene rings is 2. The highest BCUT2D eigenvalue weighted by molar-refractivity contribution is 7.22. The van der Waals surface area contributed by atoms with Gasteiger partial charge in [-0.25, -0.2) is 9.78 Å². The minimum Gasteiger partial charge on any atom is -0.323 e. The Kier molecular flexibility index (Phi) is 5.85. The number of urea groups is 1. The molecule has 34 heavy (non-hydrogen) atoms. The highest BCUT2D eigenvalue weighted by atomic mass is 32.1. The number of aryl methyl sites for hydroxylation is 2. The van der Waals surface area contributed by atoms with E-state index >= 15 is 0 Å². The van der Waals surface area contributed by atoms with E-state index in [4.69, 9.17) is 4.98 Å². The number of aromatic nitrogens is 1. The summed E-state index contributed by atoms with van der Waals surface area (Å²) in [5.41, 5.74) is 3.16. The number of hydrogen-bond acceptors (Lipinski definition) is 5. The van der Waals surface area contributed by atoms with Crippen molar-refractivity contribution < 1.29 is 14.4 Å². The maximum Gasteiger partial charge on any atom is 0.325 e. The summed E-state index contributed by atoms with van der Waals surface area (Å²) in [5, 5.41) is 3.46. The predicted molar refractivity (Wildman–Crippen MR) is 133 cm³/mol. The Bertz CT molecular complexity index is 1260. The van der Waals surface area contributed by atoms with Gasteiger partial charge in [0.05, 0.1) is 16.8 Å². The zero-order valence-corrected chi connectivity index (χ0v) is 20.3. The van der Waals surface area contributed by atoms with Crippen molar-refractivity contribution in [3.8, 4) is 0 Å². The number of fused-ring (bicyclic) bond motifs is 1. The molecule has 2 aliphatic rings. The third-order valence-corrected chi connectivity index (χ3v) is 7.81. The molecule has 1 N–H and O–H groups in total. The summed E-state index contributed by atoms with van der Waals surface area (Å²) in [6.45, 7) is 4.07. The molecule has 0 atom stereocenters. The number of rotatable bonds is 5. The minimum absolute atomic E-state index is 0.277. The van der Waals surface area contributed by atoms with Gasteiger partial charge in [-0.05, 0) is 49.4 Å². The molecular formula is C26H28N4O3S. The van der Waals surface area contributed by atoms with Gasteiger partial charge in [0.15, 0.2) is 5.13 Å². The summed E-state index contributed by atoms with van der Waals surface area (Å²) in [6, 6.07) is 13.3. The molecule has 2 heterocycles. The van der Waals surface area contributed by atoms with E-state index in [0.717, 1.165) is 51.1 Å². The van der Waals surface area contributed by atoms with E-state index in [2.05, 4.69) is 17.4 Å². The van der Waals surface area contributed by atoms with Crippen molar-refractivity contribution in [2.75, 3.05) is 11.4 Å². The summed E-state index contributed by atoms with van der Waals surface area (Å²) in [4.78, 5) is 47.1. The molecular weight excluding hydrogens is 448 g/mol. The molecule has 2 aromatic carbocycles. The number of imide groups is 1. The van der Waals surface area contributed by atoms with Crippen LogP contribution in [0, 0.1) is 13.8 Å². The molecule has 3 aromatic rings. The summed E-state index contributed by atoms with van der Waals surface area (Å²) >= 11 is 1.45. The van der Waals surface area contributed by atoms with Gasteiger partial charge in [0.1, 0.15) is 12.1 Å². The van der Waals surface area contributed by atoms with Crippen molar-refractivity contribution in [2.45, 2.75) is 58.0 Å². The fourth-order valence-corrected chi connectivity index (χ4v) is 6.20. The monoisotopic (exact) mass is 476 g/mol. The van der Waals surface area contributed by atoms with Crippen molar-refractivity contribution in [2.24, 2.45) is 0 Å². The number of nitrogens with one attached hydrogen (secondary N) is 1. The fraction of sp³-hybridized carbons (Fsp3) is 0.385. The Morgan fingerprint density at radius 2 is 1.85 bits per heavy atom. The van der Waals surface area contributed by atoms with Gasteiger partial charge in [-0.1, -0.05) is 67.0 Å². The second-order valence-electron chi connectivity index (χ2n) is 9.35. The normalized spacial score (nSPS) is 17.4. The first-order valence-electron chi connectivity index (χ1n) is 11.7. The van der Waals surface area contributed by atoms with Gasteiger partial charge < -0.3 is 5.32 Å². The van der Waals surface area contributed by atoms with E-state index in [1.807, 2.05) is 44.2 Å². The number of amides is 4. The van der Waals surface area contributed by atoms with Crippen LogP contribution >= 0.6 is 11.3 Å². The third kappa shape index (κ3) is 4.07. The van der Waals surface area contributed by atoms with Crippen LogP contribution in [0.15, 0.2) is 42.5 Å². The first-order chi connectivity index (χ1) is 16.4. The standard InChI is InChI=1S/C26H28N4O3S/c1-17-13-18(2)22-20(14-17)34-25(27-22)29(15-19-9-5-3-6-10-19)21(31)16-30-23(32)26(28-24(30)33)11-7-4-8-12-26/h3,5-6,9-10,13-14H,4,7-8,11-12,15-16H2,1-2H3,(H,28,33). The van der Waals surface area contributed by atoms with E-state index in [0.29, 0.717) is 24.5 Å². The third-order valence-electron chi connectivity index (χ3n) is 6.78.